The Balaban J connectivity index is 2.71. The van der Waals surface area contributed by atoms with Crippen molar-refractivity contribution in [1.29, 1.82) is 0 Å². The normalized spacial score (nSPS) is 11.4. The minimum Gasteiger partial charge on any atom is -0.352 e. The summed E-state index contributed by atoms with van der Waals surface area (Å²) in [7, 11) is 0. The van der Waals surface area contributed by atoms with Crippen molar-refractivity contribution < 1.29 is 4.79 Å². The highest BCUT2D eigenvalue weighted by Crippen LogP contribution is 2.28. The van der Waals surface area contributed by atoms with Gasteiger partial charge in [-0.25, -0.2) is 0 Å². The quantitative estimate of drug-likeness (QED) is 0.830. The molecule has 0 fully saturated rings. The van der Waals surface area contributed by atoms with Gasteiger partial charge in [0, 0.05) is 28.4 Å². The van der Waals surface area contributed by atoms with Crippen molar-refractivity contribution in [2.45, 2.75) is 44.7 Å². The Morgan fingerprint density at radius 2 is 2.06 bits per heavy atom. The van der Waals surface area contributed by atoms with E-state index in [1.165, 1.54) is 6.92 Å². The lowest BCUT2D eigenvalue weighted by Gasteiger charge is -2.20. The number of carbonyl (C=O) groups is 1. The van der Waals surface area contributed by atoms with Crippen LogP contribution in [0.5, 0.6) is 0 Å². The molecular weight excluding hydrogens is 312 g/mol. The van der Waals surface area contributed by atoms with E-state index < -0.39 is 0 Å². The summed E-state index contributed by atoms with van der Waals surface area (Å²) in [6.45, 7) is 8.44. The summed E-state index contributed by atoms with van der Waals surface area (Å²) < 4.78 is 4.42. The minimum atomic E-state index is -0.0139. The van der Waals surface area contributed by atoms with E-state index >= 15 is 0 Å². The van der Waals surface area contributed by atoms with Crippen molar-refractivity contribution in [3.05, 3.63) is 28.2 Å². The van der Waals surface area contributed by atoms with Gasteiger partial charge in [0.1, 0.15) is 0 Å². The van der Waals surface area contributed by atoms with E-state index in [1.54, 1.807) is 11.9 Å². The Bertz CT molecular complexity index is 429. The molecule has 0 radical (unpaired) electrons. The number of benzene rings is 1. The second-order valence-electron chi connectivity index (χ2n) is 5.13. The number of hydrogen-bond acceptors (Lipinski definition) is 3. The lowest BCUT2D eigenvalue weighted by molar-refractivity contribution is -0.119. The SMILES string of the molecule is CC(=O)NCc1ccc(Br)c(SNC(C)(C)C)c1. The molecule has 3 nitrogen and oxygen atoms in total. The van der Waals surface area contributed by atoms with Crippen LogP contribution in [-0.4, -0.2) is 11.4 Å². The summed E-state index contributed by atoms with van der Waals surface area (Å²) in [5.74, 6) is -0.0139. The zero-order valence-corrected chi connectivity index (χ0v) is 13.5. The van der Waals surface area contributed by atoms with Crippen molar-refractivity contribution in [3.8, 4) is 0 Å². The highest BCUT2D eigenvalue weighted by Gasteiger charge is 2.11. The molecule has 0 aromatic heterocycles. The van der Waals surface area contributed by atoms with Gasteiger partial charge in [0.2, 0.25) is 5.91 Å². The number of rotatable bonds is 4. The summed E-state index contributed by atoms with van der Waals surface area (Å²) in [6, 6.07) is 6.08. The Kier molecular flexibility index (Phi) is 5.69. The zero-order valence-electron chi connectivity index (χ0n) is 11.1. The van der Waals surface area contributed by atoms with Crippen molar-refractivity contribution in [3.63, 3.8) is 0 Å². The van der Waals surface area contributed by atoms with Crippen LogP contribution in [0.15, 0.2) is 27.6 Å². The molecule has 0 spiro atoms. The second kappa shape index (κ2) is 6.59. The first-order valence-corrected chi connectivity index (χ1v) is 7.36. The van der Waals surface area contributed by atoms with Crippen LogP contribution in [0.2, 0.25) is 0 Å². The van der Waals surface area contributed by atoms with E-state index in [0.717, 1.165) is 14.9 Å². The van der Waals surface area contributed by atoms with Gasteiger partial charge in [-0.05, 0) is 66.3 Å². The number of hydrogen-bond donors (Lipinski definition) is 2. The molecule has 5 heteroatoms. The first kappa shape index (κ1) is 15.5. The Morgan fingerprint density at radius 3 is 2.61 bits per heavy atom. The molecule has 2 N–H and O–H groups in total. The monoisotopic (exact) mass is 330 g/mol. The minimum absolute atomic E-state index is 0.0139. The fraction of sp³-hybridized carbons (Fsp3) is 0.462. The summed E-state index contributed by atoms with van der Waals surface area (Å²) in [4.78, 5) is 12.0. The first-order chi connectivity index (χ1) is 8.28. The van der Waals surface area contributed by atoms with Crippen LogP contribution in [0.4, 0.5) is 0 Å². The predicted octanol–water partition coefficient (Wildman–Crippen LogP) is 3.48. The molecule has 100 valence electrons. The largest absolute Gasteiger partial charge is 0.352 e. The summed E-state index contributed by atoms with van der Waals surface area (Å²) in [5.41, 5.74) is 1.14. The average molecular weight is 331 g/mol. The molecule has 0 aliphatic carbocycles. The molecule has 0 saturated heterocycles. The Morgan fingerprint density at radius 1 is 1.39 bits per heavy atom. The number of halogens is 1. The third kappa shape index (κ3) is 5.89. The highest BCUT2D eigenvalue weighted by molar-refractivity contribution is 9.10. The van der Waals surface area contributed by atoms with E-state index in [9.17, 15) is 4.79 Å². The molecule has 1 amide bonds. The molecule has 0 bridgehead atoms. The molecule has 1 aromatic carbocycles. The van der Waals surface area contributed by atoms with E-state index in [4.69, 9.17) is 0 Å². The van der Waals surface area contributed by atoms with Crippen LogP contribution in [-0.2, 0) is 11.3 Å². The molecule has 0 aliphatic rings. The highest BCUT2D eigenvalue weighted by atomic mass is 79.9. The van der Waals surface area contributed by atoms with E-state index in [-0.39, 0.29) is 11.4 Å². The molecule has 1 aromatic rings. The van der Waals surface area contributed by atoms with Crippen LogP contribution >= 0.6 is 27.9 Å². The number of nitrogens with one attached hydrogen (secondary N) is 2. The fourth-order valence-corrected chi connectivity index (χ4v) is 2.45. The van der Waals surface area contributed by atoms with E-state index in [2.05, 4.69) is 52.8 Å². The number of carbonyl (C=O) groups excluding carboxylic acids is 1. The van der Waals surface area contributed by atoms with Crippen LogP contribution in [0, 0.1) is 0 Å². The zero-order chi connectivity index (χ0) is 13.8. The van der Waals surface area contributed by atoms with Gasteiger partial charge in [0.15, 0.2) is 0 Å². The van der Waals surface area contributed by atoms with Crippen molar-refractivity contribution in [2.24, 2.45) is 0 Å². The van der Waals surface area contributed by atoms with Crippen LogP contribution in [0.25, 0.3) is 0 Å². The summed E-state index contributed by atoms with van der Waals surface area (Å²) in [6.07, 6.45) is 0. The fourth-order valence-electron chi connectivity index (χ4n) is 1.17. The average Bonchev–Trinajstić information content (AvgIpc) is 2.25. The third-order valence-corrected chi connectivity index (χ3v) is 4.23. The Hall–Kier alpha value is -0.520. The second-order valence-corrected chi connectivity index (χ2v) is 6.83. The first-order valence-electron chi connectivity index (χ1n) is 5.75. The van der Waals surface area contributed by atoms with Gasteiger partial charge in [-0.15, -0.1) is 0 Å². The lowest BCUT2D eigenvalue weighted by atomic mass is 10.1. The van der Waals surface area contributed by atoms with Gasteiger partial charge in [0.05, 0.1) is 0 Å². The van der Waals surface area contributed by atoms with Gasteiger partial charge in [0.25, 0.3) is 0 Å². The maximum atomic E-state index is 10.9. The van der Waals surface area contributed by atoms with Gasteiger partial charge in [-0.2, -0.15) is 0 Å². The van der Waals surface area contributed by atoms with Gasteiger partial charge in [-0.1, -0.05) is 6.07 Å². The van der Waals surface area contributed by atoms with Crippen molar-refractivity contribution >= 4 is 33.8 Å². The van der Waals surface area contributed by atoms with Crippen LogP contribution in [0.1, 0.15) is 33.3 Å². The number of amides is 1. The predicted molar refractivity (Wildman–Crippen MR) is 80.4 cm³/mol. The molecule has 0 heterocycles. The smallest absolute Gasteiger partial charge is 0.217 e. The maximum absolute atomic E-state index is 10.9. The van der Waals surface area contributed by atoms with Crippen LogP contribution < -0.4 is 10.0 Å². The standard InChI is InChI=1S/C13H19BrN2OS/c1-9(17)15-8-10-5-6-11(14)12(7-10)18-16-13(2,3)4/h5-7,16H,8H2,1-4H3,(H,15,17). The molecule has 0 unspecified atom stereocenters. The van der Waals surface area contributed by atoms with Gasteiger partial charge < -0.3 is 5.32 Å². The molecule has 1 rings (SSSR count). The van der Waals surface area contributed by atoms with E-state index in [1.807, 2.05) is 12.1 Å². The molecular formula is C13H19BrN2OS. The van der Waals surface area contributed by atoms with E-state index in [0.29, 0.717) is 6.54 Å². The van der Waals surface area contributed by atoms with Crippen LogP contribution in [0.3, 0.4) is 0 Å². The summed E-state index contributed by atoms with van der Waals surface area (Å²) >= 11 is 5.12. The maximum Gasteiger partial charge on any atom is 0.217 e. The van der Waals surface area contributed by atoms with Crippen molar-refractivity contribution in [1.82, 2.24) is 10.0 Å². The Labute approximate surface area is 121 Å². The molecule has 18 heavy (non-hydrogen) atoms. The molecule has 0 atom stereocenters. The molecule has 0 aliphatic heterocycles. The van der Waals surface area contributed by atoms with Crippen molar-refractivity contribution in [2.75, 3.05) is 0 Å². The van der Waals surface area contributed by atoms with Gasteiger partial charge >= 0.3 is 0 Å². The summed E-state index contributed by atoms with van der Waals surface area (Å²) in [5, 5.41) is 2.80. The van der Waals surface area contributed by atoms with Gasteiger partial charge in [-0.3, -0.25) is 9.52 Å². The molecule has 0 saturated carbocycles. The lowest BCUT2D eigenvalue weighted by Crippen LogP contribution is -2.29. The third-order valence-electron chi connectivity index (χ3n) is 2.00. The topological polar surface area (TPSA) is 41.1 Å².